The first-order valence-electron chi connectivity index (χ1n) is 7.20. The van der Waals surface area contributed by atoms with Gasteiger partial charge in [-0.1, -0.05) is 0 Å². The van der Waals surface area contributed by atoms with Crippen LogP contribution in [0.25, 0.3) is 0 Å². The average molecular weight is 471 g/mol. The number of methoxy groups -OCH3 is 1. The number of rotatable bonds is 8. The topological polar surface area (TPSA) is 105 Å². The van der Waals surface area contributed by atoms with Crippen molar-refractivity contribution in [1.29, 1.82) is 0 Å². The van der Waals surface area contributed by atoms with Crippen LogP contribution in [-0.2, 0) is 14.8 Å². The molecular formula is C14H26IN5O3S. The number of nitrogens with one attached hydrogen (secondary N) is 3. The lowest BCUT2D eigenvalue weighted by Gasteiger charge is -2.24. The van der Waals surface area contributed by atoms with Crippen molar-refractivity contribution in [3.63, 3.8) is 0 Å². The number of pyridine rings is 1. The minimum absolute atomic E-state index is 0. The van der Waals surface area contributed by atoms with Crippen LogP contribution in [-0.4, -0.2) is 58.8 Å². The van der Waals surface area contributed by atoms with Gasteiger partial charge >= 0.3 is 0 Å². The van der Waals surface area contributed by atoms with E-state index in [1.807, 2.05) is 13.8 Å². The molecule has 0 bridgehead atoms. The molecule has 0 aliphatic carbocycles. The van der Waals surface area contributed by atoms with E-state index < -0.39 is 10.0 Å². The minimum atomic E-state index is -3.54. The molecule has 0 amide bonds. The summed E-state index contributed by atoms with van der Waals surface area (Å²) < 4.78 is 31.8. The van der Waals surface area contributed by atoms with Gasteiger partial charge in [0.05, 0.1) is 5.60 Å². The number of halogens is 1. The zero-order chi connectivity index (χ0) is 17.3. The molecule has 0 unspecified atom stereocenters. The highest BCUT2D eigenvalue weighted by molar-refractivity contribution is 14.0. The van der Waals surface area contributed by atoms with Gasteiger partial charge in [-0.3, -0.25) is 9.98 Å². The third-order valence-electron chi connectivity index (χ3n) is 3.11. The van der Waals surface area contributed by atoms with Gasteiger partial charge < -0.3 is 15.4 Å². The average Bonchev–Trinajstić information content (AvgIpc) is 2.55. The summed E-state index contributed by atoms with van der Waals surface area (Å²) in [6.45, 7) is 5.10. The van der Waals surface area contributed by atoms with Crippen LogP contribution in [0.1, 0.15) is 13.8 Å². The number of aliphatic imine (C=N–C) groups is 1. The number of hydrogen-bond donors (Lipinski definition) is 3. The van der Waals surface area contributed by atoms with Gasteiger partial charge in [0.2, 0.25) is 10.0 Å². The first kappa shape index (κ1) is 23.0. The maximum Gasteiger partial charge on any atom is 0.242 e. The molecule has 1 aromatic heterocycles. The van der Waals surface area contributed by atoms with E-state index in [1.165, 1.54) is 18.5 Å². The Morgan fingerprint density at radius 1 is 1.33 bits per heavy atom. The fourth-order valence-corrected chi connectivity index (χ4v) is 2.54. The van der Waals surface area contributed by atoms with Crippen LogP contribution in [0.2, 0.25) is 0 Å². The fourth-order valence-electron chi connectivity index (χ4n) is 1.55. The summed E-state index contributed by atoms with van der Waals surface area (Å²) in [6.07, 6.45) is 2.83. The van der Waals surface area contributed by atoms with Crippen molar-refractivity contribution in [1.82, 2.24) is 20.3 Å². The quantitative estimate of drug-likeness (QED) is 0.222. The Balaban J connectivity index is 0.00000529. The van der Waals surface area contributed by atoms with Crippen molar-refractivity contribution in [3.05, 3.63) is 24.5 Å². The maximum absolute atomic E-state index is 12.0. The van der Waals surface area contributed by atoms with Crippen LogP contribution < -0.4 is 15.4 Å². The van der Waals surface area contributed by atoms with Crippen molar-refractivity contribution in [2.75, 3.05) is 33.8 Å². The zero-order valence-electron chi connectivity index (χ0n) is 14.4. The van der Waals surface area contributed by atoms with Crippen LogP contribution >= 0.6 is 24.0 Å². The lowest BCUT2D eigenvalue weighted by Crippen LogP contribution is -2.46. The zero-order valence-corrected chi connectivity index (χ0v) is 17.5. The SMILES string of the molecule is CN=C(NCCNS(=O)(=O)c1cccnc1)NCC(C)(C)OC.I. The molecule has 138 valence electrons. The van der Waals surface area contributed by atoms with Crippen LogP contribution in [0.3, 0.4) is 0 Å². The lowest BCUT2D eigenvalue weighted by molar-refractivity contribution is 0.0268. The van der Waals surface area contributed by atoms with E-state index in [-0.39, 0.29) is 41.0 Å². The predicted octanol–water partition coefficient (Wildman–Crippen LogP) is 0.568. The summed E-state index contributed by atoms with van der Waals surface area (Å²) in [5, 5.41) is 6.15. The summed E-state index contributed by atoms with van der Waals surface area (Å²) in [7, 11) is -0.246. The van der Waals surface area contributed by atoms with Gasteiger partial charge in [0.15, 0.2) is 5.96 Å². The predicted molar refractivity (Wildman–Crippen MR) is 105 cm³/mol. The lowest BCUT2D eigenvalue weighted by atomic mass is 10.1. The molecule has 0 aliphatic rings. The first-order chi connectivity index (χ1) is 10.8. The number of sulfonamides is 1. The van der Waals surface area contributed by atoms with Gasteiger partial charge in [0.1, 0.15) is 4.90 Å². The molecule has 0 radical (unpaired) electrons. The highest BCUT2D eigenvalue weighted by Gasteiger charge is 2.16. The van der Waals surface area contributed by atoms with E-state index in [9.17, 15) is 8.42 Å². The molecule has 3 N–H and O–H groups in total. The largest absolute Gasteiger partial charge is 0.377 e. The Morgan fingerprint density at radius 3 is 2.58 bits per heavy atom. The number of aromatic nitrogens is 1. The molecule has 0 spiro atoms. The van der Waals surface area contributed by atoms with Crippen LogP contribution in [0.5, 0.6) is 0 Å². The smallest absolute Gasteiger partial charge is 0.242 e. The molecule has 10 heteroatoms. The molecule has 24 heavy (non-hydrogen) atoms. The highest BCUT2D eigenvalue weighted by atomic mass is 127. The molecule has 8 nitrogen and oxygen atoms in total. The van der Waals surface area contributed by atoms with Gasteiger partial charge in [0, 0.05) is 46.2 Å². The normalized spacial score (nSPS) is 12.4. The second kappa shape index (κ2) is 10.8. The van der Waals surface area contributed by atoms with Crippen LogP contribution in [0.4, 0.5) is 0 Å². The minimum Gasteiger partial charge on any atom is -0.377 e. The van der Waals surface area contributed by atoms with Crippen LogP contribution in [0.15, 0.2) is 34.4 Å². The molecule has 0 saturated heterocycles. The first-order valence-corrected chi connectivity index (χ1v) is 8.68. The van der Waals surface area contributed by atoms with E-state index in [1.54, 1.807) is 20.2 Å². The Labute approximate surface area is 160 Å². The standard InChI is InChI=1S/C14H25N5O3S.HI/c1-14(2,22-4)11-18-13(15-3)17-8-9-19-23(20,21)12-6-5-7-16-10-12;/h5-7,10,19H,8-9,11H2,1-4H3,(H2,15,17,18);1H. The Kier molecular flexibility index (Phi) is 10.4. The van der Waals surface area contributed by atoms with Crippen molar-refractivity contribution in [2.45, 2.75) is 24.3 Å². The molecule has 0 aliphatic heterocycles. The van der Waals surface area contributed by atoms with Gasteiger partial charge in [-0.2, -0.15) is 0 Å². The van der Waals surface area contributed by atoms with Gasteiger partial charge in [-0.25, -0.2) is 13.1 Å². The third-order valence-corrected chi connectivity index (χ3v) is 4.56. The van der Waals surface area contributed by atoms with E-state index in [4.69, 9.17) is 4.74 Å². The molecule has 0 aromatic carbocycles. The number of hydrogen-bond acceptors (Lipinski definition) is 5. The molecule has 1 heterocycles. The molecule has 1 aromatic rings. The molecule has 0 saturated carbocycles. The van der Waals surface area contributed by atoms with E-state index in [2.05, 4.69) is 25.3 Å². The van der Waals surface area contributed by atoms with E-state index in [0.29, 0.717) is 19.0 Å². The molecular weight excluding hydrogens is 445 g/mol. The van der Waals surface area contributed by atoms with Crippen LogP contribution in [0, 0.1) is 0 Å². The monoisotopic (exact) mass is 471 g/mol. The highest BCUT2D eigenvalue weighted by Crippen LogP contribution is 2.05. The summed E-state index contributed by atoms with van der Waals surface area (Å²) in [5.41, 5.74) is -0.320. The van der Waals surface area contributed by atoms with Crippen molar-refractivity contribution in [3.8, 4) is 0 Å². The van der Waals surface area contributed by atoms with E-state index >= 15 is 0 Å². The molecule has 1 rings (SSSR count). The Morgan fingerprint density at radius 2 is 2.04 bits per heavy atom. The summed E-state index contributed by atoms with van der Waals surface area (Å²) in [5.74, 6) is 0.579. The van der Waals surface area contributed by atoms with Crippen molar-refractivity contribution < 1.29 is 13.2 Å². The van der Waals surface area contributed by atoms with Crippen molar-refractivity contribution in [2.24, 2.45) is 4.99 Å². The van der Waals surface area contributed by atoms with Crippen molar-refractivity contribution >= 4 is 40.0 Å². The summed E-state index contributed by atoms with van der Waals surface area (Å²) >= 11 is 0. The summed E-state index contributed by atoms with van der Waals surface area (Å²) in [6, 6.07) is 3.08. The second-order valence-corrected chi connectivity index (χ2v) is 7.17. The second-order valence-electron chi connectivity index (χ2n) is 5.40. The van der Waals surface area contributed by atoms with Gasteiger partial charge in [0.25, 0.3) is 0 Å². The molecule has 0 atom stereocenters. The van der Waals surface area contributed by atoms with Gasteiger partial charge in [-0.05, 0) is 26.0 Å². The third kappa shape index (κ3) is 8.22. The maximum atomic E-state index is 12.0. The molecule has 0 fully saturated rings. The Hall–Kier alpha value is -0.980. The Bertz CT molecular complexity index is 608. The number of guanidine groups is 1. The number of ether oxygens (including phenoxy) is 1. The van der Waals surface area contributed by atoms with Gasteiger partial charge in [-0.15, -0.1) is 24.0 Å². The fraction of sp³-hybridized carbons (Fsp3) is 0.571. The summed E-state index contributed by atoms with van der Waals surface area (Å²) in [4.78, 5) is 8.01. The number of nitrogens with zero attached hydrogens (tertiary/aromatic N) is 2. The van der Waals surface area contributed by atoms with E-state index in [0.717, 1.165) is 0 Å².